The van der Waals surface area contributed by atoms with E-state index in [1.54, 1.807) is 0 Å². The van der Waals surface area contributed by atoms with Crippen molar-refractivity contribution >= 4 is 11.9 Å². The van der Waals surface area contributed by atoms with E-state index in [4.69, 9.17) is 4.74 Å². The number of hydrogen-bond donors (Lipinski definition) is 0. The van der Waals surface area contributed by atoms with Crippen LogP contribution in [0, 0.1) is 0 Å². The molecule has 1 aromatic heterocycles. The first-order valence-corrected chi connectivity index (χ1v) is 6.53. The molecule has 0 saturated carbocycles. The average Bonchev–Trinajstić information content (AvgIpc) is 2.45. The van der Waals surface area contributed by atoms with Gasteiger partial charge in [-0.05, 0) is 12.5 Å². The van der Waals surface area contributed by atoms with Crippen molar-refractivity contribution in [1.82, 2.24) is 4.57 Å². The Bertz CT molecular complexity index is 521. The Labute approximate surface area is 117 Å². The predicted octanol–water partition coefficient (Wildman–Crippen LogP) is 1.37. The third kappa shape index (κ3) is 4.87. The molecule has 0 aromatic carbocycles. The third-order valence-electron chi connectivity index (χ3n) is 2.73. The van der Waals surface area contributed by atoms with Crippen LogP contribution in [0.25, 0.3) is 0 Å². The van der Waals surface area contributed by atoms with Crippen LogP contribution in [0.2, 0.25) is 0 Å². The number of unbranched alkanes of at least 4 members (excludes halogenated alkanes) is 1. The molecule has 0 spiro atoms. The number of nitrogens with zero attached hydrogens (tertiary/aromatic N) is 1. The molecule has 0 N–H and O–H groups in total. The number of carbonyl (C=O) groups is 2. The molecule has 0 fully saturated rings. The van der Waals surface area contributed by atoms with Gasteiger partial charge < -0.3 is 14.0 Å². The predicted molar refractivity (Wildman–Crippen MR) is 72.5 cm³/mol. The van der Waals surface area contributed by atoms with Crippen LogP contribution in [0.1, 0.15) is 36.5 Å². The van der Waals surface area contributed by atoms with Crippen molar-refractivity contribution in [3.8, 4) is 0 Å². The third-order valence-corrected chi connectivity index (χ3v) is 2.73. The van der Waals surface area contributed by atoms with Gasteiger partial charge in [-0.2, -0.15) is 0 Å². The van der Waals surface area contributed by atoms with Crippen molar-refractivity contribution in [3.63, 3.8) is 0 Å². The van der Waals surface area contributed by atoms with E-state index in [1.807, 2.05) is 6.92 Å². The van der Waals surface area contributed by atoms with Crippen molar-refractivity contribution in [3.05, 3.63) is 34.2 Å². The molecule has 0 bridgehead atoms. The molecule has 110 valence electrons. The summed E-state index contributed by atoms with van der Waals surface area (Å²) in [5, 5.41) is 0. The Kier molecular flexibility index (Phi) is 6.49. The van der Waals surface area contributed by atoms with Crippen LogP contribution in [-0.2, 0) is 20.8 Å². The molecule has 0 atom stereocenters. The summed E-state index contributed by atoms with van der Waals surface area (Å²) in [4.78, 5) is 34.4. The highest BCUT2D eigenvalue weighted by atomic mass is 16.5. The number of aromatic nitrogens is 1. The van der Waals surface area contributed by atoms with Gasteiger partial charge in [-0.1, -0.05) is 13.3 Å². The van der Waals surface area contributed by atoms with Crippen molar-refractivity contribution in [2.24, 2.45) is 0 Å². The molecular weight excluding hydrogens is 262 g/mol. The summed E-state index contributed by atoms with van der Waals surface area (Å²) in [5.74, 6) is -0.893. The number of ether oxygens (including phenoxy) is 2. The Morgan fingerprint density at radius 1 is 1.35 bits per heavy atom. The average molecular weight is 281 g/mol. The second kappa shape index (κ2) is 8.14. The summed E-state index contributed by atoms with van der Waals surface area (Å²) in [5.41, 5.74) is -0.159. The highest BCUT2D eigenvalue weighted by Gasteiger charge is 2.08. The van der Waals surface area contributed by atoms with Crippen LogP contribution < -0.4 is 5.56 Å². The molecule has 1 aromatic rings. The van der Waals surface area contributed by atoms with Gasteiger partial charge >= 0.3 is 11.9 Å². The fourth-order valence-electron chi connectivity index (χ4n) is 1.55. The van der Waals surface area contributed by atoms with E-state index in [0.717, 1.165) is 12.8 Å². The molecule has 1 rings (SSSR count). The maximum atomic E-state index is 11.7. The van der Waals surface area contributed by atoms with E-state index in [1.165, 1.54) is 30.0 Å². The first kappa shape index (κ1) is 15.9. The highest BCUT2D eigenvalue weighted by molar-refractivity contribution is 5.88. The fraction of sp³-hybridized carbons (Fsp3) is 0.500. The lowest BCUT2D eigenvalue weighted by molar-refractivity contribution is -0.144. The van der Waals surface area contributed by atoms with Crippen molar-refractivity contribution in [2.45, 2.75) is 32.7 Å². The zero-order valence-electron chi connectivity index (χ0n) is 11.8. The first-order valence-electron chi connectivity index (χ1n) is 6.53. The zero-order valence-corrected chi connectivity index (χ0v) is 11.8. The molecule has 0 unspecified atom stereocenters. The summed E-state index contributed by atoms with van der Waals surface area (Å²) in [6, 6.07) is 2.67. The Balaban J connectivity index is 2.55. The topological polar surface area (TPSA) is 74.6 Å². The monoisotopic (exact) mass is 281 g/mol. The van der Waals surface area contributed by atoms with Gasteiger partial charge in [-0.3, -0.25) is 9.59 Å². The maximum absolute atomic E-state index is 11.7. The molecule has 20 heavy (non-hydrogen) atoms. The minimum absolute atomic E-state index is 0.126. The lowest BCUT2D eigenvalue weighted by Gasteiger charge is -2.07. The van der Waals surface area contributed by atoms with Crippen LogP contribution in [0.4, 0.5) is 0 Å². The minimum atomic E-state index is -0.562. The van der Waals surface area contributed by atoms with Crippen LogP contribution in [0.3, 0.4) is 0 Å². The van der Waals surface area contributed by atoms with Gasteiger partial charge in [0.15, 0.2) is 0 Å². The van der Waals surface area contributed by atoms with Crippen LogP contribution in [0.5, 0.6) is 0 Å². The number of esters is 2. The van der Waals surface area contributed by atoms with E-state index >= 15 is 0 Å². The van der Waals surface area contributed by atoms with Crippen LogP contribution >= 0.6 is 0 Å². The molecule has 0 aliphatic rings. The van der Waals surface area contributed by atoms with Crippen molar-refractivity contribution < 1.29 is 19.1 Å². The second-order valence-corrected chi connectivity index (χ2v) is 4.26. The molecular formula is C14H19NO5. The molecule has 0 radical (unpaired) electrons. The fourth-order valence-corrected chi connectivity index (χ4v) is 1.55. The molecule has 0 aliphatic carbocycles. The molecule has 6 nitrogen and oxygen atoms in total. The summed E-state index contributed by atoms with van der Waals surface area (Å²) >= 11 is 0. The summed E-state index contributed by atoms with van der Waals surface area (Å²) in [6.07, 6.45) is 3.39. The van der Waals surface area contributed by atoms with Gasteiger partial charge in [0.1, 0.15) is 0 Å². The summed E-state index contributed by atoms with van der Waals surface area (Å²) in [7, 11) is 1.25. The second-order valence-electron chi connectivity index (χ2n) is 4.26. The Hall–Kier alpha value is -2.11. The lowest BCUT2D eigenvalue weighted by Crippen LogP contribution is -2.22. The number of carbonyl (C=O) groups excluding carboxylic acids is 2. The Morgan fingerprint density at radius 3 is 2.70 bits per heavy atom. The maximum Gasteiger partial charge on any atom is 0.338 e. The van der Waals surface area contributed by atoms with Gasteiger partial charge in [-0.15, -0.1) is 0 Å². The quantitative estimate of drug-likeness (QED) is 0.557. The summed E-state index contributed by atoms with van der Waals surface area (Å²) in [6.45, 7) is 2.65. The number of rotatable bonds is 7. The zero-order chi connectivity index (χ0) is 15.0. The van der Waals surface area contributed by atoms with E-state index in [0.29, 0.717) is 6.61 Å². The number of hydrogen-bond acceptors (Lipinski definition) is 5. The molecule has 0 saturated heterocycles. The number of aryl methyl sites for hydroxylation is 1. The van der Waals surface area contributed by atoms with Crippen molar-refractivity contribution in [2.75, 3.05) is 13.7 Å². The normalized spacial score (nSPS) is 10.1. The van der Waals surface area contributed by atoms with E-state index in [-0.39, 0.29) is 30.1 Å². The van der Waals surface area contributed by atoms with Gasteiger partial charge in [-0.25, -0.2) is 4.79 Å². The van der Waals surface area contributed by atoms with Gasteiger partial charge in [0.05, 0.1) is 25.7 Å². The van der Waals surface area contributed by atoms with Gasteiger partial charge in [0, 0.05) is 18.8 Å². The van der Waals surface area contributed by atoms with Crippen LogP contribution in [-0.4, -0.2) is 30.2 Å². The first-order chi connectivity index (χ1) is 9.58. The number of pyridine rings is 1. The molecule has 1 heterocycles. The van der Waals surface area contributed by atoms with Gasteiger partial charge in [0.2, 0.25) is 0 Å². The van der Waals surface area contributed by atoms with E-state index in [2.05, 4.69) is 4.74 Å². The van der Waals surface area contributed by atoms with E-state index < -0.39 is 5.97 Å². The van der Waals surface area contributed by atoms with Crippen molar-refractivity contribution in [1.29, 1.82) is 0 Å². The van der Waals surface area contributed by atoms with Gasteiger partial charge in [0.25, 0.3) is 5.56 Å². The molecule has 0 amide bonds. The largest absolute Gasteiger partial charge is 0.466 e. The SMILES string of the molecule is CCCCOC(=O)CCn1ccc(C(=O)OC)cc1=O. The minimum Gasteiger partial charge on any atom is -0.466 e. The highest BCUT2D eigenvalue weighted by Crippen LogP contribution is 1.99. The standard InChI is InChI=1S/C14H19NO5/c1-3-4-9-20-13(17)6-8-15-7-5-11(10-12(15)16)14(18)19-2/h5,7,10H,3-4,6,8-9H2,1-2H3. The molecule has 0 aliphatic heterocycles. The summed E-state index contributed by atoms with van der Waals surface area (Å²) < 4.78 is 10.9. The Morgan fingerprint density at radius 2 is 2.10 bits per heavy atom. The van der Waals surface area contributed by atoms with E-state index in [9.17, 15) is 14.4 Å². The lowest BCUT2D eigenvalue weighted by atomic mass is 10.2. The van der Waals surface area contributed by atoms with Crippen LogP contribution in [0.15, 0.2) is 23.1 Å². The number of methoxy groups -OCH3 is 1. The molecule has 6 heteroatoms. The smallest absolute Gasteiger partial charge is 0.338 e.